The number of amides is 2. The van der Waals surface area contributed by atoms with Crippen molar-refractivity contribution in [2.75, 3.05) is 19.6 Å². The molecule has 2 N–H and O–H groups in total. The van der Waals surface area contributed by atoms with Crippen LogP contribution in [0.4, 0.5) is 0 Å². The van der Waals surface area contributed by atoms with Crippen molar-refractivity contribution >= 4 is 17.8 Å². The van der Waals surface area contributed by atoms with Crippen LogP contribution in [0.1, 0.15) is 45.4 Å². The topological polar surface area (TPSA) is 86.7 Å². The third kappa shape index (κ3) is 5.59. The summed E-state index contributed by atoms with van der Waals surface area (Å²) in [5, 5.41) is 11.3. The van der Waals surface area contributed by atoms with E-state index in [4.69, 9.17) is 5.11 Å². The van der Waals surface area contributed by atoms with Gasteiger partial charge in [-0.15, -0.1) is 0 Å². The van der Waals surface area contributed by atoms with Crippen LogP contribution in [0.2, 0.25) is 0 Å². The minimum Gasteiger partial charge on any atom is -0.481 e. The van der Waals surface area contributed by atoms with E-state index in [0.29, 0.717) is 25.9 Å². The molecule has 114 valence electrons. The largest absolute Gasteiger partial charge is 0.481 e. The van der Waals surface area contributed by atoms with Crippen LogP contribution in [0, 0.1) is 5.92 Å². The van der Waals surface area contributed by atoms with E-state index in [1.54, 1.807) is 4.90 Å². The Morgan fingerprint density at radius 2 is 2.05 bits per heavy atom. The van der Waals surface area contributed by atoms with Crippen LogP contribution in [0.3, 0.4) is 0 Å². The van der Waals surface area contributed by atoms with E-state index in [2.05, 4.69) is 5.32 Å². The molecule has 0 aliphatic carbocycles. The molecule has 1 atom stereocenters. The van der Waals surface area contributed by atoms with Gasteiger partial charge in [0.15, 0.2) is 0 Å². The number of rotatable bonds is 7. The van der Waals surface area contributed by atoms with Gasteiger partial charge >= 0.3 is 5.97 Å². The van der Waals surface area contributed by atoms with Crippen LogP contribution >= 0.6 is 0 Å². The molecule has 1 aliphatic heterocycles. The maximum atomic E-state index is 12.0. The number of carbonyl (C=O) groups excluding carboxylic acids is 2. The molecule has 1 heterocycles. The van der Waals surface area contributed by atoms with E-state index in [9.17, 15) is 14.4 Å². The summed E-state index contributed by atoms with van der Waals surface area (Å²) in [5.41, 5.74) is 0. The SMILES string of the molecule is CCCC(=O)N1CCCC(C(=O)NCCCC(=O)O)C1. The number of aliphatic carboxylic acids is 1. The number of nitrogens with zero attached hydrogens (tertiary/aromatic N) is 1. The first-order chi connectivity index (χ1) is 9.54. The predicted molar refractivity (Wildman–Crippen MR) is 74.1 cm³/mol. The number of piperidine rings is 1. The van der Waals surface area contributed by atoms with E-state index < -0.39 is 5.97 Å². The quantitative estimate of drug-likeness (QED) is 0.683. The third-order valence-electron chi connectivity index (χ3n) is 3.48. The molecule has 20 heavy (non-hydrogen) atoms. The first-order valence-electron chi connectivity index (χ1n) is 7.31. The maximum Gasteiger partial charge on any atom is 0.303 e. The average Bonchev–Trinajstić information content (AvgIpc) is 2.43. The van der Waals surface area contributed by atoms with Gasteiger partial charge in [-0.05, 0) is 25.7 Å². The van der Waals surface area contributed by atoms with Crippen LogP contribution < -0.4 is 5.32 Å². The van der Waals surface area contributed by atoms with Crippen LogP contribution in [0.25, 0.3) is 0 Å². The monoisotopic (exact) mass is 284 g/mol. The molecule has 2 amide bonds. The number of likely N-dealkylation sites (tertiary alicyclic amines) is 1. The number of carboxylic acids is 1. The smallest absolute Gasteiger partial charge is 0.303 e. The Morgan fingerprint density at radius 1 is 1.30 bits per heavy atom. The number of carboxylic acid groups (broad SMARTS) is 1. The Bertz CT molecular complexity index is 357. The molecule has 6 heteroatoms. The fourth-order valence-corrected chi connectivity index (χ4v) is 2.39. The second-order valence-corrected chi connectivity index (χ2v) is 5.22. The Kier molecular flexibility index (Phi) is 7.04. The van der Waals surface area contributed by atoms with Gasteiger partial charge in [0.1, 0.15) is 0 Å². The maximum absolute atomic E-state index is 12.0. The van der Waals surface area contributed by atoms with Crippen molar-refractivity contribution < 1.29 is 19.5 Å². The summed E-state index contributed by atoms with van der Waals surface area (Å²) in [5.74, 6) is -0.956. The van der Waals surface area contributed by atoms with E-state index in [0.717, 1.165) is 25.8 Å². The number of nitrogens with one attached hydrogen (secondary N) is 1. The minimum absolute atomic E-state index is 0.0616. The molecule has 1 unspecified atom stereocenters. The fraction of sp³-hybridized carbons (Fsp3) is 0.786. The Morgan fingerprint density at radius 3 is 2.70 bits per heavy atom. The molecule has 0 aromatic carbocycles. The molecule has 0 radical (unpaired) electrons. The fourth-order valence-electron chi connectivity index (χ4n) is 2.39. The van der Waals surface area contributed by atoms with Crippen LogP contribution in [0.15, 0.2) is 0 Å². The van der Waals surface area contributed by atoms with Gasteiger partial charge in [0.2, 0.25) is 11.8 Å². The molecule has 0 spiro atoms. The van der Waals surface area contributed by atoms with Crippen molar-refractivity contribution in [1.82, 2.24) is 10.2 Å². The van der Waals surface area contributed by atoms with Gasteiger partial charge in [-0.3, -0.25) is 14.4 Å². The zero-order valence-corrected chi connectivity index (χ0v) is 12.1. The molecule has 1 saturated heterocycles. The third-order valence-corrected chi connectivity index (χ3v) is 3.48. The van der Waals surface area contributed by atoms with Gasteiger partial charge in [0.25, 0.3) is 0 Å². The standard InChI is InChI=1S/C14H24N2O4/c1-2-5-12(17)16-9-4-6-11(10-16)14(20)15-8-3-7-13(18)19/h11H,2-10H2,1H3,(H,15,20)(H,18,19). The van der Waals surface area contributed by atoms with Gasteiger partial charge in [-0.2, -0.15) is 0 Å². The van der Waals surface area contributed by atoms with Gasteiger partial charge in [0, 0.05) is 32.5 Å². The Labute approximate surface area is 119 Å². The van der Waals surface area contributed by atoms with E-state index >= 15 is 0 Å². The van der Waals surface area contributed by atoms with Crippen LogP contribution in [-0.4, -0.2) is 47.4 Å². The van der Waals surface area contributed by atoms with Gasteiger partial charge in [-0.1, -0.05) is 6.92 Å². The van der Waals surface area contributed by atoms with Crippen molar-refractivity contribution in [2.45, 2.75) is 45.4 Å². The van der Waals surface area contributed by atoms with Crippen molar-refractivity contribution in [2.24, 2.45) is 5.92 Å². The van der Waals surface area contributed by atoms with Crippen LogP contribution in [0.5, 0.6) is 0 Å². The number of carbonyl (C=O) groups is 3. The lowest BCUT2D eigenvalue weighted by Gasteiger charge is -2.32. The molecule has 0 aromatic heterocycles. The predicted octanol–water partition coefficient (Wildman–Crippen LogP) is 1.01. The van der Waals surface area contributed by atoms with Crippen molar-refractivity contribution in [3.05, 3.63) is 0 Å². The lowest BCUT2D eigenvalue weighted by Crippen LogP contribution is -2.45. The Balaban J connectivity index is 2.32. The van der Waals surface area contributed by atoms with Gasteiger partial charge < -0.3 is 15.3 Å². The molecular weight excluding hydrogens is 260 g/mol. The molecule has 0 aromatic rings. The summed E-state index contributed by atoms with van der Waals surface area (Å²) in [6.45, 7) is 3.57. The molecular formula is C14H24N2O4. The van der Waals surface area contributed by atoms with Gasteiger partial charge in [0.05, 0.1) is 5.92 Å². The lowest BCUT2D eigenvalue weighted by molar-refractivity contribution is -0.138. The van der Waals surface area contributed by atoms with E-state index in [1.165, 1.54) is 0 Å². The van der Waals surface area contributed by atoms with Gasteiger partial charge in [-0.25, -0.2) is 0 Å². The van der Waals surface area contributed by atoms with Crippen molar-refractivity contribution in [3.63, 3.8) is 0 Å². The van der Waals surface area contributed by atoms with Crippen LogP contribution in [-0.2, 0) is 14.4 Å². The second kappa shape index (κ2) is 8.55. The highest BCUT2D eigenvalue weighted by atomic mass is 16.4. The highest BCUT2D eigenvalue weighted by molar-refractivity contribution is 5.81. The van der Waals surface area contributed by atoms with Crippen molar-refractivity contribution in [1.29, 1.82) is 0 Å². The van der Waals surface area contributed by atoms with Crippen molar-refractivity contribution in [3.8, 4) is 0 Å². The second-order valence-electron chi connectivity index (χ2n) is 5.22. The first-order valence-corrected chi connectivity index (χ1v) is 7.31. The number of hydrogen-bond donors (Lipinski definition) is 2. The molecule has 1 rings (SSSR count). The molecule has 6 nitrogen and oxygen atoms in total. The molecule has 0 bridgehead atoms. The highest BCUT2D eigenvalue weighted by Gasteiger charge is 2.27. The zero-order valence-electron chi connectivity index (χ0n) is 12.1. The summed E-state index contributed by atoms with van der Waals surface area (Å²) in [4.78, 5) is 35.9. The summed E-state index contributed by atoms with van der Waals surface area (Å²) in [7, 11) is 0. The molecule has 1 fully saturated rings. The summed E-state index contributed by atoms with van der Waals surface area (Å²) in [6.07, 6.45) is 3.50. The normalized spacial score (nSPS) is 18.6. The number of hydrogen-bond acceptors (Lipinski definition) is 3. The van der Waals surface area contributed by atoms with E-state index in [1.807, 2.05) is 6.92 Å². The average molecular weight is 284 g/mol. The highest BCUT2D eigenvalue weighted by Crippen LogP contribution is 2.17. The zero-order chi connectivity index (χ0) is 15.0. The minimum atomic E-state index is -0.853. The Hall–Kier alpha value is -1.59. The summed E-state index contributed by atoms with van der Waals surface area (Å²) >= 11 is 0. The molecule has 1 aliphatic rings. The molecule has 0 saturated carbocycles. The summed E-state index contributed by atoms with van der Waals surface area (Å²) < 4.78 is 0. The summed E-state index contributed by atoms with van der Waals surface area (Å²) in [6, 6.07) is 0. The first kappa shape index (κ1) is 16.5. The lowest BCUT2D eigenvalue weighted by atomic mass is 9.96. The van der Waals surface area contributed by atoms with E-state index in [-0.39, 0.29) is 24.2 Å².